The van der Waals surface area contributed by atoms with Crippen LogP contribution in [0.1, 0.15) is 4.28 Å². The molecule has 11 heavy (non-hydrogen) atoms. The highest BCUT2D eigenvalue weighted by Gasteiger charge is 1.82. The summed E-state index contributed by atoms with van der Waals surface area (Å²) in [5, 5.41) is 16.7. The van der Waals surface area contributed by atoms with E-state index in [1.165, 1.54) is 0 Å². The second-order valence-electron chi connectivity index (χ2n) is 0.741. The number of hydrogen-bond donors (Lipinski definition) is 4. The van der Waals surface area contributed by atoms with Gasteiger partial charge in [-0.15, -0.1) is 0 Å². The van der Waals surface area contributed by atoms with Crippen molar-refractivity contribution < 1.29 is 38.5 Å². The monoisotopic (exact) mass is 194 g/mol. The summed E-state index contributed by atoms with van der Waals surface area (Å²) in [6, 6.07) is 0. The summed E-state index contributed by atoms with van der Waals surface area (Å²) in [6.45, 7) is 0. The molecule has 0 aliphatic carbocycles. The van der Waals surface area contributed by atoms with Crippen LogP contribution in [0.15, 0.2) is 0 Å². The van der Waals surface area contributed by atoms with Gasteiger partial charge in [-0.05, 0) is 6.16 Å². The van der Waals surface area contributed by atoms with E-state index in [0.717, 1.165) is 0 Å². The van der Waals surface area contributed by atoms with Crippen molar-refractivity contribution in [2.75, 3.05) is 0 Å². The Hall–Kier alpha value is -0.700. The zero-order valence-electron chi connectivity index (χ0n) is 8.30. The van der Waals surface area contributed by atoms with Gasteiger partial charge in [-0.1, -0.05) is 0 Å². The largest absolute Gasteiger partial charge is 1.00 e. The maximum Gasteiger partial charge on any atom is 1.00 e. The first-order valence-corrected chi connectivity index (χ1v) is 2.91. The zero-order chi connectivity index (χ0) is 8.08. The first-order chi connectivity index (χ1) is 3.73. The first kappa shape index (κ1) is 22.4. The molecule has 0 aliphatic rings. The summed E-state index contributed by atoms with van der Waals surface area (Å²) in [5.41, 5.74) is 0. The van der Waals surface area contributed by atoms with Crippen LogP contribution in [0.5, 0.6) is 0 Å². The molecule has 72 valence electrons. The quantitative estimate of drug-likeness (QED) is 0.283. The van der Waals surface area contributed by atoms with E-state index in [9.17, 15) is 0 Å². The van der Waals surface area contributed by atoms with E-state index in [-0.39, 0.29) is 16.6 Å². The van der Waals surface area contributed by atoms with Crippen LogP contribution >= 0.6 is 7.82 Å². The van der Waals surface area contributed by atoms with Gasteiger partial charge in [-0.25, -0.2) is 0 Å². The van der Waals surface area contributed by atoms with E-state index in [1.54, 1.807) is 0 Å². The average molecular weight is 194 g/mol. The standard InChI is InChI=1S/CH2O3.2H3N.H3O4P/c2-1(3)4;;;1-5(2,3)4/h(H2,2,3,4);2*1H3;(H3,1,2,3,4). The molecular weight excluding hydrogens is 183 g/mol. The maximum absolute atomic E-state index is 8.77. The predicted molar refractivity (Wildman–Crippen MR) is 30.8 cm³/mol. The Bertz CT molecular complexity index is 127. The van der Waals surface area contributed by atoms with Crippen molar-refractivity contribution in [3.63, 3.8) is 0 Å². The van der Waals surface area contributed by atoms with Crippen molar-refractivity contribution >= 4 is 14.0 Å². The fourth-order valence-electron chi connectivity index (χ4n) is 0. The highest BCUT2D eigenvalue weighted by atomic mass is 31.2. The SMILES string of the molecule is N.N.O=C([O-])[O-].O=P([O-])(O)O.[H+].[H+].[H+]. The molecule has 0 atom stereocenters. The Balaban J connectivity index is -0.0000000104. The number of carboxylic acid groups (broad SMARTS) is 2. The third-order valence-corrected chi connectivity index (χ3v) is 0. The normalized spacial score (nSPS) is 7.55. The maximum atomic E-state index is 8.77. The van der Waals surface area contributed by atoms with Crippen LogP contribution < -0.4 is 27.4 Å². The van der Waals surface area contributed by atoms with Crippen LogP contribution in [-0.4, -0.2) is 15.9 Å². The molecule has 0 rings (SSSR count). The summed E-state index contributed by atoms with van der Waals surface area (Å²) >= 11 is 0. The van der Waals surface area contributed by atoms with Gasteiger partial charge in [-0.2, -0.15) is 0 Å². The lowest BCUT2D eigenvalue weighted by atomic mass is 11.5. The van der Waals surface area contributed by atoms with Crippen molar-refractivity contribution in [3.05, 3.63) is 0 Å². The minimum atomic E-state index is -4.89. The number of hydrogen-bond acceptors (Lipinski definition) is 7. The van der Waals surface area contributed by atoms with Gasteiger partial charge in [0, 0.05) is 0 Å². The van der Waals surface area contributed by atoms with Gasteiger partial charge in [0.15, 0.2) is 0 Å². The minimum absolute atomic E-state index is 0. The minimum Gasteiger partial charge on any atom is -0.756 e. The Morgan fingerprint density at radius 2 is 1.27 bits per heavy atom. The third kappa shape index (κ3) is 1010. The molecule has 0 radical (unpaired) electrons. The lowest BCUT2D eigenvalue weighted by molar-refractivity contribution is -0.415. The molecular formula is CH11N2O7P. The molecule has 8 N–H and O–H groups in total. The molecule has 0 unspecified atom stereocenters. The molecule has 0 aromatic rings. The van der Waals surface area contributed by atoms with Gasteiger partial charge in [0.25, 0.3) is 7.82 Å². The van der Waals surface area contributed by atoms with Gasteiger partial charge in [0.2, 0.25) is 0 Å². The highest BCUT2D eigenvalue weighted by Crippen LogP contribution is 2.18. The van der Waals surface area contributed by atoms with Crippen molar-refractivity contribution in [2.24, 2.45) is 0 Å². The topological polar surface area (TPSA) is 214 Å². The highest BCUT2D eigenvalue weighted by molar-refractivity contribution is 7.43. The van der Waals surface area contributed by atoms with Crippen LogP contribution in [0.4, 0.5) is 4.79 Å². The van der Waals surface area contributed by atoms with Gasteiger partial charge in [0.05, 0.1) is 0 Å². The summed E-state index contributed by atoms with van der Waals surface area (Å²) < 4.78 is 8.77. The lowest BCUT2D eigenvalue weighted by Gasteiger charge is -2.01. The summed E-state index contributed by atoms with van der Waals surface area (Å²) in [5.74, 6) is 0. The van der Waals surface area contributed by atoms with E-state index < -0.39 is 14.0 Å². The van der Waals surface area contributed by atoms with Crippen LogP contribution in [-0.2, 0) is 4.57 Å². The Labute approximate surface area is 66.2 Å². The molecule has 0 amide bonds. The molecule has 0 aromatic carbocycles. The van der Waals surface area contributed by atoms with Gasteiger partial charge >= 0.3 is 4.28 Å². The van der Waals surface area contributed by atoms with E-state index >= 15 is 0 Å². The van der Waals surface area contributed by atoms with Crippen LogP contribution in [0.2, 0.25) is 0 Å². The zero-order valence-corrected chi connectivity index (χ0v) is 6.19. The molecule has 0 saturated heterocycles. The second-order valence-corrected chi connectivity index (χ2v) is 1.72. The smallest absolute Gasteiger partial charge is 0.756 e. The molecule has 0 spiro atoms. The number of rotatable bonds is 0. The van der Waals surface area contributed by atoms with E-state index in [4.69, 9.17) is 34.3 Å². The molecule has 0 bridgehead atoms. The van der Waals surface area contributed by atoms with Gasteiger partial charge in [-0.3, -0.25) is 4.57 Å². The first-order valence-electron chi connectivity index (χ1n) is 1.38. The molecule has 0 aromatic heterocycles. The van der Waals surface area contributed by atoms with Crippen molar-refractivity contribution in [1.82, 2.24) is 12.3 Å². The Morgan fingerprint density at radius 1 is 1.27 bits per heavy atom. The van der Waals surface area contributed by atoms with Crippen LogP contribution in [0.3, 0.4) is 0 Å². The third-order valence-electron chi connectivity index (χ3n) is 0. The van der Waals surface area contributed by atoms with Crippen LogP contribution in [0, 0.1) is 0 Å². The second kappa shape index (κ2) is 9.30. The number of phosphoric acid groups is 1. The molecule has 0 aliphatic heterocycles. The molecule has 9 nitrogen and oxygen atoms in total. The molecule has 0 saturated carbocycles. The molecule has 0 heterocycles. The van der Waals surface area contributed by atoms with Crippen LogP contribution in [0.25, 0.3) is 0 Å². The predicted octanol–water partition coefficient (Wildman–Crippen LogP) is -3.35. The lowest BCUT2D eigenvalue weighted by Crippen LogP contribution is -2.37. The summed E-state index contributed by atoms with van der Waals surface area (Å²) in [7, 11) is -4.89. The average Bonchev–Trinajstić information content (AvgIpc) is 1.19. The van der Waals surface area contributed by atoms with Crippen molar-refractivity contribution in [2.45, 2.75) is 0 Å². The van der Waals surface area contributed by atoms with Crippen molar-refractivity contribution in [1.29, 1.82) is 0 Å². The number of carbonyl (C=O) groups excluding carboxylic acids is 1. The molecule has 10 heteroatoms. The number of carbonyl (C=O) groups is 1. The Morgan fingerprint density at radius 3 is 1.27 bits per heavy atom. The van der Waals surface area contributed by atoms with Gasteiger partial charge < -0.3 is 42.0 Å². The van der Waals surface area contributed by atoms with E-state index in [1.807, 2.05) is 0 Å². The van der Waals surface area contributed by atoms with Gasteiger partial charge in [0.1, 0.15) is 0 Å². The molecule has 0 fully saturated rings. The Kier molecular flexibility index (Phi) is 19.0. The fraction of sp³-hybridized carbons (Fsp3) is 0. The van der Waals surface area contributed by atoms with E-state index in [0.29, 0.717) is 0 Å². The van der Waals surface area contributed by atoms with E-state index in [2.05, 4.69) is 0 Å². The summed E-state index contributed by atoms with van der Waals surface area (Å²) in [6.07, 6.45) is -2.33. The fourth-order valence-corrected chi connectivity index (χ4v) is 0. The summed E-state index contributed by atoms with van der Waals surface area (Å²) in [4.78, 5) is 31.3. The van der Waals surface area contributed by atoms with Crippen molar-refractivity contribution in [3.8, 4) is 0 Å².